The van der Waals surface area contributed by atoms with Crippen molar-refractivity contribution < 1.29 is 19.1 Å². The van der Waals surface area contributed by atoms with Crippen LogP contribution in [0.5, 0.6) is 0 Å². The standard InChI is InChI=1S/C24H18Cl3N3O4/c1-34-22(32)19-21(28)30(16-6-2-4-13(26)20(16)27)15-5-3-7-17(31)18(15)24(19)12-10-11(25)8-9-14(12)29-23(24)33/h2,4,6,8-10H,3,5,7,28H2,1H3,(H,29,33). The Hall–Kier alpha value is -3.00. The van der Waals surface area contributed by atoms with Crippen molar-refractivity contribution in [2.45, 2.75) is 24.7 Å². The molecule has 0 saturated carbocycles. The first-order chi connectivity index (χ1) is 16.2. The van der Waals surface area contributed by atoms with E-state index in [4.69, 9.17) is 45.3 Å². The van der Waals surface area contributed by atoms with E-state index < -0.39 is 17.3 Å². The van der Waals surface area contributed by atoms with Crippen LogP contribution >= 0.6 is 34.8 Å². The van der Waals surface area contributed by atoms with E-state index in [9.17, 15) is 14.4 Å². The van der Waals surface area contributed by atoms with Crippen molar-refractivity contribution in [3.8, 4) is 0 Å². The quantitative estimate of drug-likeness (QED) is 0.559. The molecule has 0 radical (unpaired) electrons. The molecule has 7 nitrogen and oxygen atoms in total. The molecule has 34 heavy (non-hydrogen) atoms. The zero-order chi connectivity index (χ0) is 24.4. The van der Waals surface area contributed by atoms with Gasteiger partial charge in [0, 0.05) is 34.0 Å². The van der Waals surface area contributed by atoms with Gasteiger partial charge in [-0.3, -0.25) is 14.5 Å². The molecule has 1 amide bonds. The highest BCUT2D eigenvalue weighted by Gasteiger charge is 2.62. The number of benzene rings is 2. The molecular weight excluding hydrogens is 501 g/mol. The third-order valence-electron chi connectivity index (χ3n) is 6.44. The number of esters is 1. The zero-order valence-corrected chi connectivity index (χ0v) is 20.1. The maximum Gasteiger partial charge on any atom is 0.339 e. The number of ketones is 1. The summed E-state index contributed by atoms with van der Waals surface area (Å²) >= 11 is 19.1. The summed E-state index contributed by atoms with van der Waals surface area (Å²) in [6.07, 6.45) is 1.16. The molecule has 1 unspecified atom stereocenters. The van der Waals surface area contributed by atoms with Gasteiger partial charge in [-0.25, -0.2) is 4.79 Å². The van der Waals surface area contributed by atoms with Gasteiger partial charge in [0.1, 0.15) is 16.8 Å². The first kappa shape index (κ1) is 22.8. The number of amides is 1. The Morgan fingerprint density at radius 1 is 1.15 bits per heavy atom. The van der Waals surface area contributed by atoms with Crippen LogP contribution in [-0.4, -0.2) is 24.8 Å². The summed E-state index contributed by atoms with van der Waals surface area (Å²) in [7, 11) is 1.19. The third-order valence-corrected chi connectivity index (χ3v) is 7.48. The molecule has 0 fully saturated rings. The summed E-state index contributed by atoms with van der Waals surface area (Å²) in [6, 6.07) is 9.79. The number of carbonyl (C=O) groups is 3. The number of nitrogens with two attached hydrogens (primary N) is 1. The van der Waals surface area contributed by atoms with Gasteiger partial charge in [0.2, 0.25) is 5.91 Å². The van der Waals surface area contributed by atoms with Gasteiger partial charge in [-0.1, -0.05) is 40.9 Å². The Balaban J connectivity index is 1.94. The van der Waals surface area contributed by atoms with Crippen molar-refractivity contribution >= 4 is 63.8 Å². The van der Waals surface area contributed by atoms with E-state index in [0.717, 1.165) is 0 Å². The van der Waals surface area contributed by atoms with Gasteiger partial charge in [-0.15, -0.1) is 0 Å². The molecular formula is C24H18Cl3N3O4. The van der Waals surface area contributed by atoms with Gasteiger partial charge >= 0.3 is 5.97 Å². The van der Waals surface area contributed by atoms with Gasteiger partial charge in [0.25, 0.3) is 0 Å². The van der Waals surface area contributed by atoms with E-state index >= 15 is 0 Å². The summed E-state index contributed by atoms with van der Waals surface area (Å²) in [5, 5.41) is 3.59. The van der Waals surface area contributed by atoms with Crippen LogP contribution in [-0.2, 0) is 24.5 Å². The molecule has 10 heteroatoms. The van der Waals surface area contributed by atoms with E-state index in [2.05, 4.69) is 5.32 Å². The van der Waals surface area contributed by atoms with Crippen molar-refractivity contribution in [3.63, 3.8) is 0 Å². The molecule has 0 aromatic heterocycles. The van der Waals surface area contributed by atoms with E-state index in [-0.39, 0.29) is 39.2 Å². The fraction of sp³-hybridized carbons (Fsp3) is 0.208. The number of allylic oxidation sites excluding steroid dienone is 1. The first-order valence-electron chi connectivity index (χ1n) is 10.4. The number of halogens is 3. The number of ether oxygens (including phenoxy) is 1. The SMILES string of the molecule is COC(=O)C1=C(N)N(c2cccc(Cl)c2Cl)C2=C(C(=O)CCC2)C12C(=O)Nc1ccc(Cl)cc12. The average molecular weight is 519 g/mol. The summed E-state index contributed by atoms with van der Waals surface area (Å²) < 4.78 is 5.08. The van der Waals surface area contributed by atoms with Crippen LogP contribution in [0.4, 0.5) is 11.4 Å². The summed E-state index contributed by atoms with van der Waals surface area (Å²) in [5.41, 5.74) is 6.49. The smallest absolute Gasteiger partial charge is 0.339 e. The lowest BCUT2D eigenvalue weighted by molar-refractivity contribution is -0.138. The second-order valence-corrected chi connectivity index (χ2v) is 9.37. The van der Waals surface area contributed by atoms with Crippen LogP contribution in [0, 0.1) is 0 Å². The highest BCUT2D eigenvalue weighted by atomic mass is 35.5. The number of carbonyl (C=O) groups excluding carboxylic acids is 3. The van der Waals surface area contributed by atoms with Crippen molar-refractivity contribution in [2.75, 3.05) is 17.3 Å². The topological polar surface area (TPSA) is 102 Å². The van der Waals surface area contributed by atoms with Crippen molar-refractivity contribution in [2.24, 2.45) is 5.73 Å². The Morgan fingerprint density at radius 3 is 2.65 bits per heavy atom. The maximum atomic E-state index is 13.8. The number of nitrogens with one attached hydrogen (secondary N) is 1. The van der Waals surface area contributed by atoms with Crippen LogP contribution in [0.25, 0.3) is 0 Å². The minimum atomic E-state index is -1.81. The number of methoxy groups -OCH3 is 1. The van der Waals surface area contributed by atoms with Gasteiger partial charge < -0.3 is 15.8 Å². The number of nitrogens with zero attached hydrogens (tertiary/aromatic N) is 1. The van der Waals surface area contributed by atoms with Crippen molar-refractivity contribution in [1.29, 1.82) is 0 Å². The lowest BCUT2D eigenvalue weighted by atomic mass is 9.63. The van der Waals surface area contributed by atoms with Crippen molar-refractivity contribution in [1.82, 2.24) is 0 Å². The van der Waals surface area contributed by atoms with E-state index in [0.29, 0.717) is 40.5 Å². The van der Waals surface area contributed by atoms with Crippen LogP contribution in [0.15, 0.2) is 59.1 Å². The van der Waals surface area contributed by atoms with Crippen LogP contribution in [0.3, 0.4) is 0 Å². The van der Waals surface area contributed by atoms with Gasteiger partial charge in [-0.05, 0) is 43.2 Å². The molecule has 3 N–H and O–H groups in total. The van der Waals surface area contributed by atoms with Gasteiger partial charge in [0.15, 0.2) is 5.78 Å². The Labute approximate surface area is 210 Å². The number of rotatable bonds is 2. The number of hydrogen-bond acceptors (Lipinski definition) is 6. The maximum absolute atomic E-state index is 13.8. The fourth-order valence-electron chi connectivity index (χ4n) is 5.12. The fourth-order valence-corrected chi connectivity index (χ4v) is 5.67. The third kappa shape index (κ3) is 2.94. The highest BCUT2D eigenvalue weighted by Crippen LogP contribution is 2.56. The predicted molar refractivity (Wildman–Crippen MR) is 130 cm³/mol. The van der Waals surface area contributed by atoms with Crippen LogP contribution in [0.1, 0.15) is 24.8 Å². The average Bonchev–Trinajstić information content (AvgIpc) is 3.08. The number of Topliss-reactive ketones (excluding diaryl/α,β-unsaturated/α-hetero) is 1. The molecule has 2 aliphatic heterocycles. The molecule has 1 aliphatic carbocycles. The molecule has 5 rings (SSSR count). The first-order valence-corrected chi connectivity index (χ1v) is 11.6. The van der Waals surface area contributed by atoms with Crippen LogP contribution in [0.2, 0.25) is 15.1 Å². The normalized spacial score (nSPS) is 21.6. The molecule has 3 aliphatic rings. The number of hydrogen-bond donors (Lipinski definition) is 2. The van der Waals surface area contributed by atoms with Crippen molar-refractivity contribution in [3.05, 3.63) is 79.7 Å². The van der Waals surface area contributed by atoms with Gasteiger partial charge in [0.05, 0.1) is 22.8 Å². The Morgan fingerprint density at radius 2 is 1.91 bits per heavy atom. The lowest BCUT2D eigenvalue weighted by Gasteiger charge is -2.44. The molecule has 2 aromatic rings. The van der Waals surface area contributed by atoms with E-state index in [1.165, 1.54) is 12.0 Å². The molecule has 2 heterocycles. The molecule has 1 spiro atoms. The summed E-state index contributed by atoms with van der Waals surface area (Å²) in [5.74, 6) is -1.78. The minimum absolute atomic E-state index is 0.0764. The molecule has 2 aromatic carbocycles. The highest BCUT2D eigenvalue weighted by molar-refractivity contribution is 6.44. The number of fused-ring (bicyclic) bond motifs is 3. The zero-order valence-electron chi connectivity index (χ0n) is 17.9. The summed E-state index contributed by atoms with van der Waals surface area (Å²) in [6.45, 7) is 0. The lowest BCUT2D eigenvalue weighted by Crippen LogP contribution is -2.53. The predicted octanol–water partition coefficient (Wildman–Crippen LogP) is 4.71. The molecule has 0 saturated heterocycles. The van der Waals surface area contributed by atoms with Gasteiger partial charge in [-0.2, -0.15) is 0 Å². The largest absolute Gasteiger partial charge is 0.466 e. The molecule has 0 bridgehead atoms. The second kappa shape index (κ2) is 8.05. The Bertz CT molecular complexity index is 1370. The number of anilines is 2. The molecule has 1 atom stereocenters. The van der Waals surface area contributed by atoms with E-state index in [1.807, 2.05) is 0 Å². The summed E-state index contributed by atoms with van der Waals surface area (Å²) in [4.78, 5) is 42.1. The van der Waals surface area contributed by atoms with Crippen LogP contribution < -0.4 is 16.0 Å². The second-order valence-electron chi connectivity index (χ2n) is 8.15. The molecule has 174 valence electrons. The Kier molecular flexibility index (Phi) is 5.39. The monoisotopic (exact) mass is 517 g/mol. The minimum Gasteiger partial charge on any atom is -0.466 e. The van der Waals surface area contributed by atoms with E-state index in [1.54, 1.807) is 36.4 Å².